The normalized spacial score (nSPS) is 16.6. The van der Waals surface area contributed by atoms with E-state index in [0.29, 0.717) is 18.9 Å². The van der Waals surface area contributed by atoms with Crippen LogP contribution in [0.15, 0.2) is 12.7 Å². The second-order valence-electron chi connectivity index (χ2n) is 4.29. The van der Waals surface area contributed by atoms with Gasteiger partial charge in [0.2, 0.25) is 0 Å². The maximum absolute atomic E-state index is 11.7. The molecule has 0 unspecified atom stereocenters. The van der Waals surface area contributed by atoms with Crippen LogP contribution < -0.4 is 5.32 Å². The fourth-order valence-corrected chi connectivity index (χ4v) is 1.88. The standard InChI is InChI=1S/C12H20N2O3/c1-2-10-5-8-14(9-6-10)12(17)13-7-3-4-11(15)16/h2,10H,1,3-9H2,(H,13,17)(H,15,16). The third-order valence-electron chi connectivity index (χ3n) is 3.00. The number of carbonyl (C=O) groups excluding carboxylic acids is 1. The number of rotatable bonds is 5. The van der Waals surface area contributed by atoms with Crippen molar-refractivity contribution >= 4 is 12.0 Å². The van der Waals surface area contributed by atoms with Crippen molar-refractivity contribution in [2.45, 2.75) is 25.7 Å². The van der Waals surface area contributed by atoms with E-state index in [1.54, 1.807) is 4.90 Å². The van der Waals surface area contributed by atoms with Crippen molar-refractivity contribution in [3.05, 3.63) is 12.7 Å². The minimum atomic E-state index is -0.828. The molecule has 96 valence electrons. The number of hydrogen-bond acceptors (Lipinski definition) is 2. The van der Waals surface area contributed by atoms with E-state index in [1.807, 2.05) is 6.08 Å². The van der Waals surface area contributed by atoms with E-state index >= 15 is 0 Å². The summed E-state index contributed by atoms with van der Waals surface area (Å²) in [6.45, 7) is 5.68. The maximum atomic E-state index is 11.7. The van der Waals surface area contributed by atoms with Gasteiger partial charge in [0.1, 0.15) is 0 Å². The highest BCUT2D eigenvalue weighted by molar-refractivity contribution is 5.74. The molecule has 1 aliphatic rings. The van der Waals surface area contributed by atoms with Crippen molar-refractivity contribution in [2.24, 2.45) is 5.92 Å². The van der Waals surface area contributed by atoms with E-state index in [9.17, 15) is 9.59 Å². The first-order valence-corrected chi connectivity index (χ1v) is 6.00. The number of urea groups is 1. The third kappa shape index (κ3) is 4.89. The van der Waals surface area contributed by atoms with Crippen LogP contribution in [0.2, 0.25) is 0 Å². The van der Waals surface area contributed by atoms with Gasteiger partial charge >= 0.3 is 12.0 Å². The van der Waals surface area contributed by atoms with Gasteiger partial charge in [-0.05, 0) is 25.2 Å². The molecule has 0 aromatic carbocycles. The first-order chi connectivity index (χ1) is 8.13. The van der Waals surface area contributed by atoms with E-state index in [4.69, 9.17) is 5.11 Å². The molecule has 1 aliphatic heterocycles. The van der Waals surface area contributed by atoms with Crippen molar-refractivity contribution in [3.8, 4) is 0 Å². The van der Waals surface area contributed by atoms with E-state index in [1.165, 1.54) is 0 Å². The highest BCUT2D eigenvalue weighted by Gasteiger charge is 2.20. The molecule has 0 saturated carbocycles. The number of carboxylic acids is 1. The van der Waals surface area contributed by atoms with Crippen molar-refractivity contribution < 1.29 is 14.7 Å². The molecule has 0 radical (unpaired) electrons. The summed E-state index contributed by atoms with van der Waals surface area (Å²) < 4.78 is 0. The largest absolute Gasteiger partial charge is 0.481 e. The average molecular weight is 240 g/mol. The molecular formula is C12H20N2O3. The zero-order chi connectivity index (χ0) is 12.7. The second-order valence-corrected chi connectivity index (χ2v) is 4.29. The molecule has 0 aromatic rings. The number of aliphatic carboxylic acids is 1. The molecule has 5 heteroatoms. The molecule has 1 saturated heterocycles. The number of amides is 2. The average Bonchev–Trinajstić information content (AvgIpc) is 2.34. The summed E-state index contributed by atoms with van der Waals surface area (Å²) in [4.78, 5) is 23.7. The molecule has 5 nitrogen and oxygen atoms in total. The van der Waals surface area contributed by atoms with E-state index in [2.05, 4.69) is 11.9 Å². The lowest BCUT2D eigenvalue weighted by atomic mass is 9.97. The van der Waals surface area contributed by atoms with Crippen LogP contribution >= 0.6 is 0 Å². The summed E-state index contributed by atoms with van der Waals surface area (Å²) in [6.07, 6.45) is 4.45. The Hall–Kier alpha value is -1.52. The van der Waals surface area contributed by atoms with Crippen LogP contribution in [0.25, 0.3) is 0 Å². The summed E-state index contributed by atoms with van der Waals surface area (Å²) >= 11 is 0. The van der Waals surface area contributed by atoms with Crippen LogP contribution in [-0.4, -0.2) is 41.6 Å². The SMILES string of the molecule is C=CC1CCN(C(=O)NCCCC(=O)O)CC1. The maximum Gasteiger partial charge on any atom is 0.317 e. The number of nitrogens with zero attached hydrogens (tertiary/aromatic N) is 1. The molecule has 2 amide bonds. The van der Waals surface area contributed by atoms with Gasteiger partial charge in [0, 0.05) is 26.1 Å². The van der Waals surface area contributed by atoms with E-state index in [-0.39, 0.29) is 12.5 Å². The summed E-state index contributed by atoms with van der Waals surface area (Å²) in [7, 11) is 0. The van der Waals surface area contributed by atoms with Crippen LogP contribution in [0.1, 0.15) is 25.7 Å². The molecule has 17 heavy (non-hydrogen) atoms. The van der Waals surface area contributed by atoms with Crippen molar-refractivity contribution in [1.29, 1.82) is 0 Å². The Morgan fingerprint density at radius 3 is 2.59 bits per heavy atom. The number of nitrogens with one attached hydrogen (secondary N) is 1. The number of piperidine rings is 1. The van der Waals surface area contributed by atoms with Crippen LogP contribution in [0.3, 0.4) is 0 Å². The zero-order valence-corrected chi connectivity index (χ0v) is 10.0. The van der Waals surface area contributed by atoms with Crippen LogP contribution in [0, 0.1) is 5.92 Å². The molecule has 0 aliphatic carbocycles. The lowest BCUT2D eigenvalue weighted by Crippen LogP contribution is -2.44. The van der Waals surface area contributed by atoms with Crippen molar-refractivity contribution in [3.63, 3.8) is 0 Å². The summed E-state index contributed by atoms with van der Waals surface area (Å²) in [5.74, 6) is -0.308. The highest BCUT2D eigenvalue weighted by Crippen LogP contribution is 2.17. The smallest absolute Gasteiger partial charge is 0.317 e. The van der Waals surface area contributed by atoms with Crippen molar-refractivity contribution in [1.82, 2.24) is 10.2 Å². The third-order valence-corrected chi connectivity index (χ3v) is 3.00. The lowest BCUT2D eigenvalue weighted by Gasteiger charge is -2.30. The van der Waals surface area contributed by atoms with Gasteiger partial charge in [-0.2, -0.15) is 0 Å². The van der Waals surface area contributed by atoms with Crippen LogP contribution in [0.5, 0.6) is 0 Å². The fraction of sp³-hybridized carbons (Fsp3) is 0.667. The minimum Gasteiger partial charge on any atom is -0.481 e. The van der Waals surface area contributed by atoms with Crippen molar-refractivity contribution in [2.75, 3.05) is 19.6 Å². The minimum absolute atomic E-state index is 0.0853. The number of likely N-dealkylation sites (tertiary alicyclic amines) is 1. The first kappa shape index (κ1) is 13.5. The summed E-state index contributed by atoms with van der Waals surface area (Å²) in [5.41, 5.74) is 0. The quantitative estimate of drug-likeness (QED) is 0.564. The molecule has 1 heterocycles. The van der Waals surface area contributed by atoms with Gasteiger partial charge in [-0.1, -0.05) is 6.08 Å². The molecule has 0 atom stereocenters. The molecule has 0 aromatic heterocycles. The Labute approximate surface area is 101 Å². The van der Waals surface area contributed by atoms with Gasteiger partial charge in [0.15, 0.2) is 0 Å². The molecule has 1 rings (SSSR count). The monoisotopic (exact) mass is 240 g/mol. The molecular weight excluding hydrogens is 220 g/mol. The Bertz CT molecular complexity index is 283. The predicted octanol–water partition coefficient (Wildman–Crippen LogP) is 1.46. The Morgan fingerprint density at radius 2 is 2.06 bits per heavy atom. The second kappa shape index (κ2) is 6.93. The molecule has 1 fully saturated rings. The van der Waals surface area contributed by atoms with Gasteiger partial charge in [0.05, 0.1) is 0 Å². The number of carbonyl (C=O) groups is 2. The topological polar surface area (TPSA) is 69.6 Å². The molecule has 0 spiro atoms. The first-order valence-electron chi connectivity index (χ1n) is 6.00. The van der Waals surface area contributed by atoms with Gasteiger partial charge in [-0.25, -0.2) is 4.79 Å². The molecule has 2 N–H and O–H groups in total. The zero-order valence-electron chi connectivity index (χ0n) is 10.0. The number of allylic oxidation sites excluding steroid dienone is 1. The Morgan fingerprint density at radius 1 is 1.41 bits per heavy atom. The van der Waals surface area contributed by atoms with Crippen LogP contribution in [0.4, 0.5) is 4.79 Å². The van der Waals surface area contributed by atoms with Gasteiger partial charge in [-0.3, -0.25) is 4.79 Å². The fourth-order valence-electron chi connectivity index (χ4n) is 1.88. The van der Waals surface area contributed by atoms with Gasteiger partial charge in [-0.15, -0.1) is 6.58 Å². The van der Waals surface area contributed by atoms with E-state index < -0.39 is 5.97 Å². The predicted molar refractivity (Wildman–Crippen MR) is 64.8 cm³/mol. The van der Waals surface area contributed by atoms with Crippen LogP contribution in [-0.2, 0) is 4.79 Å². The van der Waals surface area contributed by atoms with Gasteiger partial charge in [0.25, 0.3) is 0 Å². The van der Waals surface area contributed by atoms with E-state index in [0.717, 1.165) is 25.9 Å². The summed E-state index contributed by atoms with van der Waals surface area (Å²) in [5, 5.41) is 11.2. The number of hydrogen-bond donors (Lipinski definition) is 2. The number of carboxylic acid groups (broad SMARTS) is 1. The Balaban J connectivity index is 2.16. The van der Waals surface area contributed by atoms with Gasteiger partial charge < -0.3 is 15.3 Å². The highest BCUT2D eigenvalue weighted by atomic mass is 16.4. The summed E-state index contributed by atoms with van der Waals surface area (Å²) in [6, 6.07) is -0.0853. The Kier molecular flexibility index (Phi) is 5.52. The lowest BCUT2D eigenvalue weighted by molar-refractivity contribution is -0.137. The molecule has 0 bridgehead atoms.